The zero-order valence-corrected chi connectivity index (χ0v) is 24.6. The molecule has 3 aromatic heterocycles. The van der Waals surface area contributed by atoms with E-state index in [1.54, 1.807) is 6.07 Å². The minimum Gasteiger partial charge on any atom is -0.326 e. The summed E-state index contributed by atoms with van der Waals surface area (Å²) < 4.78 is 31.8. The van der Waals surface area contributed by atoms with Crippen molar-refractivity contribution in [2.75, 3.05) is 51.1 Å². The number of halogens is 2. The van der Waals surface area contributed by atoms with Gasteiger partial charge in [-0.05, 0) is 76.4 Å². The summed E-state index contributed by atoms with van der Waals surface area (Å²) in [6.45, 7) is 14.5. The lowest BCUT2D eigenvalue weighted by Crippen LogP contribution is -2.48. The molecule has 2 N–H and O–H groups in total. The molecule has 11 heteroatoms. The summed E-state index contributed by atoms with van der Waals surface area (Å²) in [5.41, 5.74) is 2.34. The molecule has 0 atom stereocenters. The van der Waals surface area contributed by atoms with E-state index in [0.717, 1.165) is 63.5 Å². The van der Waals surface area contributed by atoms with E-state index in [4.69, 9.17) is 0 Å². The first-order valence-corrected chi connectivity index (χ1v) is 14.9. The molecule has 2 saturated heterocycles. The minimum absolute atomic E-state index is 0.0124. The predicted octanol–water partition coefficient (Wildman–Crippen LogP) is 4.92. The molecule has 2 aliphatic rings. The Balaban J connectivity index is 1.10. The molecule has 9 nitrogen and oxygen atoms in total. The SMILES string of the molecule is Cc1nc2c(F)cc(-c3nc(Nc4ccc(CN5CCN(CC6CCNCC6)CC5)cn4)ncc3F)cc2n1C(C)C. The molecule has 6 rings (SSSR count). The fourth-order valence-corrected chi connectivity index (χ4v) is 6.21. The van der Waals surface area contributed by atoms with E-state index < -0.39 is 11.6 Å². The van der Waals surface area contributed by atoms with Gasteiger partial charge >= 0.3 is 0 Å². The number of aryl methyl sites for hydroxylation is 1. The Bertz CT molecular complexity index is 1520. The molecule has 5 heterocycles. The molecule has 0 bridgehead atoms. The Kier molecular flexibility index (Phi) is 8.41. The van der Waals surface area contributed by atoms with Gasteiger partial charge in [0.2, 0.25) is 5.95 Å². The summed E-state index contributed by atoms with van der Waals surface area (Å²) in [4.78, 5) is 22.5. The highest BCUT2D eigenvalue weighted by Crippen LogP contribution is 2.30. The zero-order chi connectivity index (χ0) is 29.2. The van der Waals surface area contributed by atoms with Crippen molar-refractivity contribution < 1.29 is 8.78 Å². The molecule has 2 aliphatic heterocycles. The Labute approximate surface area is 245 Å². The van der Waals surface area contributed by atoms with Crippen molar-refractivity contribution in [2.45, 2.75) is 46.2 Å². The van der Waals surface area contributed by atoms with E-state index in [2.05, 4.69) is 40.4 Å². The summed E-state index contributed by atoms with van der Waals surface area (Å²) in [5.74, 6) is 1.12. The average Bonchev–Trinajstić information content (AvgIpc) is 3.33. The van der Waals surface area contributed by atoms with Crippen LogP contribution in [-0.4, -0.2) is 80.1 Å². The van der Waals surface area contributed by atoms with Crippen molar-refractivity contribution in [2.24, 2.45) is 5.92 Å². The Morgan fingerprint density at radius 1 is 0.952 bits per heavy atom. The third kappa shape index (κ3) is 6.28. The molecule has 4 aromatic rings. The Morgan fingerprint density at radius 2 is 1.71 bits per heavy atom. The van der Waals surface area contributed by atoms with E-state index >= 15 is 4.39 Å². The smallest absolute Gasteiger partial charge is 0.229 e. The highest BCUT2D eigenvalue weighted by Gasteiger charge is 2.22. The molecule has 2 fully saturated rings. The summed E-state index contributed by atoms with van der Waals surface area (Å²) in [6.07, 6.45) is 5.52. The van der Waals surface area contributed by atoms with E-state index in [1.807, 2.05) is 43.7 Å². The van der Waals surface area contributed by atoms with Crippen molar-refractivity contribution in [3.63, 3.8) is 0 Å². The van der Waals surface area contributed by atoms with Crippen LogP contribution < -0.4 is 10.6 Å². The summed E-state index contributed by atoms with van der Waals surface area (Å²) >= 11 is 0. The van der Waals surface area contributed by atoms with Gasteiger partial charge in [-0.2, -0.15) is 0 Å². The molecule has 0 radical (unpaired) electrons. The van der Waals surface area contributed by atoms with Gasteiger partial charge in [0, 0.05) is 57.1 Å². The first-order valence-electron chi connectivity index (χ1n) is 14.9. The molecule has 0 unspecified atom stereocenters. The molecule has 222 valence electrons. The van der Waals surface area contributed by atoms with Crippen LogP contribution in [0.2, 0.25) is 0 Å². The number of piperidine rings is 1. The normalized spacial score (nSPS) is 17.4. The fraction of sp³-hybridized carbons (Fsp3) is 0.484. The van der Waals surface area contributed by atoms with E-state index in [9.17, 15) is 4.39 Å². The van der Waals surface area contributed by atoms with Crippen LogP contribution in [0.5, 0.6) is 0 Å². The van der Waals surface area contributed by atoms with Crippen LogP contribution >= 0.6 is 0 Å². The maximum absolute atomic E-state index is 15.0. The molecule has 1 aromatic carbocycles. The van der Waals surface area contributed by atoms with Crippen molar-refractivity contribution in [1.82, 2.24) is 39.6 Å². The van der Waals surface area contributed by atoms with Crippen molar-refractivity contribution >= 4 is 22.8 Å². The lowest BCUT2D eigenvalue weighted by Gasteiger charge is -2.37. The second-order valence-electron chi connectivity index (χ2n) is 11.8. The first kappa shape index (κ1) is 28.6. The molecule has 42 heavy (non-hydrogen) atoms. The minimum atomic E-state index is -0.634. The van der Waals surface area contributed by atoms with Crippen LogP contribution in [0.1, 0.15) is 44.1 Å². The van der Waals surface area contributed by atoms with Crippen LogP contribution in [-0.2, 0) is 6.54 Å². The quantitative estimate of drug-likeness (QED) is 0.306. The largest absolute Gasteiger partial charge is 0.326 e. The van der Waals surface area contributed by atoms with E-state index in [0.29, 0.717) is 22.7 Å². The number of nitrogens with zero attached hydrogens (tertiary/aromatic N) is 7. The van der Waals surface area contributed by atoms with Crippen LogP contribution in [0.3, 0.4) is 0 Å². The zero-order valence-electron chi connectivity index (χ0n) is 24.6. The van der Waals surface area contributed by atoms with Gasteiger partial charge in [-0.25, -0.2) is 28.7 Å². The first-order chi connectivity index (χ1) is 20.3. The van der Waals surface area contributed by atoms with Gasteiger partial charge in [-0.15, -0.1) is 0 Å². The number of pyridine rings is 1. The standard InChI is InChI=1S/C31H39F2N9/c1-20(2)42-21(3)37-30-25(32)14-24(15-27(30)42)29-26(33)17-36-31(39-29)38-28-5-4-23(16-35-28)19-41-12-10-40(11-13-41)18-22-6-8-34-9-7-22/h4-5,14-17,20,22,34H,6-13,18-19H2,1-3H3,(H,35,36,38,39). The third-order valence-corrected chi connectivity index (χ3v) is 8.37. The monoisotopic (exact) mass is 575 g/mol. The number of benzene rings is 1. The number of imidazole rings is 1. The van der Waals surface area contributed by atoms with Gasteiger partial charge in [0.05, 0.1) is 11.7 Å². The van der Waals surface area contributed by atoms with Gasteiger partial charge in [-0.3, -0.25) is 4.90 Å². The lowest BCUT2D eigenvalue weighted by atomic mass is 9.97. The summed E-state index contributed by atoms with van der Waals surface area (Å²) in [5, 5.41) is 6.52. The molecular weight excluding hydrogens is 536 g/mol. The van der Waals surface area contributed by atoms with Crippen LogP contribution in [0.15, 0.2) is 36.7 Å². The number of hydrogen-bond donors (Lipinski definition) is 2. The van der Waals surface area contributed by atoms with Gasteiger partial charge in [0.25, 0.3) is 0 Å². The topological polar surface area (TPSA) is 87.0 Å². The second kappa shape index (κ2) is 12.4. The summed E-state index contributed by atoms with van der Waals surface area (Å²) in [7, 11) is 0. The number of aromatic nitrogens is 5. The number of anilines is 2. The Hall–Kier alpha value is -3.54. The number of piperazine rings is 1. The van der Waals surface area contributed by atoms with E-state index in [1.165, 1.54) is 25.5 Å². The van der Waals surface area contributed by atoms with Gasteiger partial charge in [0.1, 0.15) is 22.9 Å². The maximum Gasteiger partial charge on any atom is 0.229 e. The maximum atomic E-state index is 15.0. The highest BCUT2D eigenvalue weighted by molar-refractivity contribution is 5.83. The van der Waals surface area contributed by atoms with Crippen molar-refractivity contribution in [1.29, 1.82) is 0 Å². The molecule has 0 amide bonds. The summed E-state index contributed by atoms with van der Waals surface area (Å²) in [6, 6.07) is 6.99. The van der Waals surface area contributed by atoms with Crippen molar-refractivity contribution in [3.8, 4) is 11.3 Å². The molecule has 0 spiro atoms. The molecular formula is C31H39F2N9. The number of nitrogens with one attached hydrogen (secondary N) is 2. The second-order valence-corrected chi connectivity index (χ2v) is 11.8. The number of fused-ring (bicyclic) bond motifs is 1. The van der Waals surface area contributed by atoms with Crippen LogP contribution in [0, 0.1) is 24.5 Å². The van der Waals surface area contributed by atoms with Crippen molar-refractivity contribution in [3.05, 3.63) is 59.7 Å². The average molecular weight is 576 g/mol. The molecule has 0 saturated carbocycles. The Morgan fingerprint density at radius 3 is 2.43 bits per heavy atom. The highest BCUT2D eigenvalue weighted by atomic mass is 19.1. The predicted molar refractivity (Wildman–Crippen MR) is 161 cm³/mol. The van der Waals surface area contributed by atoms with E-state index in [-0.39, 0.29) is 23.2 Å². The third-order valence-electron chi connectivity index (χ3n) is 8.37. The van der Waals surface area contributed by atoms with Gasteiger partial charge in [-0.1, -0.05) is 6.07 Å². The van der Waals surface area contributed by atoms with Crippen LogP contribution in [0.4, 0.5) is 20.5 Å². The van der Waals surface area contributed by atoms with Gasteiger partial charge in [0.15, 0.2) is 11.6 Å². The lowest BCUT2D eigenvalue weighted by molar-refractivity contribution is 0.107. The molecule has 0 aliphatic carbocycles. The number of rotatable bonds is 8. The number of hydrogen-bond acceptors (Lipinski definition) is 8. The van der Waals surface area contributed by atoms with Gasteiger partial charge < -0.3 is 20.1 Å². The fourth-order valence-electron chi connectivity index (χ4n) is 6.21. The van der Waals surface area contributed by atoms with Crippen LogP contribution in [0.25, 0.3) is 22.3 Å².